The van der Waals surface area contributed by atoms with E-state index in [2.05, 4.69) is 10.6 Å². The Bertz CT molecular complexity index is 316. The Morgan fingerprint density at radius 2 is 2.50 bits per heavy atom. The maximum Gasteiger partial charge on any atom is 0.248 e. The largest absolute Gasteiger partial charge is 0.343 e. The number of fused-ring (bicyclic) bond motifs is 1. The first-order chi connectivity index (χ1) is 6.72. The van der Waals surface area contributed by atoms with Gasteiger partial charge in [0.25, 0.3) is 0 Å². The van der Waals surface area contributed by atoms with Crippen molar-refractivity contribution in [1.82, 2.24) is 10.6 Å². The molecule has 76 valence electrons. The summed E-state index contributed by atoms with van der Waals surface area (Å²) in [4.78, 5) is 22.6. The molecule has 4 nitrogen and oxygen atoms in total. The van der Waals surface area contributed by atoms with E-state index < -0.39 is 6.04 Å². The molecule has 2 aliphatic heterocycles. The summed E-state index contributed by atoms with van der Waals surface area (Å²) in [5, 5.41) is 7.48. The molecule has 0 spiro atoms. The number of carbonyl (C=O) groups excluding carboxylic acids is 2. The smallest absolute Gasteiger partial charge is 0.248 e. The number of carbonyl (C=O) groups is 2. The third-order valence-electron chi connectivity index (χ3n) is 2.13. The Labute approximate surface area is 89.7 Å². The third kappa shape index (κ3) is 1.64. The molecule has 2 amide bonds. The molecule has 0 aromatic heterocycles. The summed E-state index contributed by atoms with van der Waals surface area (Å²) in [7, 11) is 3.20. The average molecular weight is 230 g/mol. The van der Waals surface area contributed by atoms with E-state index in [-0.39, 0.29) is 17.1 Å². The average Bonchev–Trinajstić information content (AvgIpc) is 2.70. The predicted molar refractivity (Wildman–Crippen MR) is 57.4 cm³/mol. The molecule has 1 fully saturated rings. The van der Waals surface area contributed by atoms with Gasteiger partial charge in [-0.3, -0.25) is 9.59 Å². The standard InChI is InChI=1S/C8H10N2O2S2/c1-2-5(11)10-6-7-4(3-13-14-7)9-8(6)12/h3,6-7H,2H2,1H3,(H,9,12)(H,10,11)/t6-,7+/m1/s1. The number of hydrogen-bond donors (Lipinski definition) is 2. The van der Waals surface area contributed by atoms with Gasteiger partial charge < -0.3 is 10.6 Å². The Morgan fingerprint density at radius 1 is 1.71 bits per heavy atom. The highest BCUT2D eigenvalue weighted by atomic mass is 33.1. The summed E-state index contributed by atoms with van der Waals surface area (Å²) in [6.45, 7) is 1.77. The lowest BCUT2D eigenvalue weighted by Gasteiger charge is -2.13. The van der Waals surface area contributed by atoms with Gasteiger partial charge in [-0.15, -0.1) is 0 Å². The van der Waals surface area contributed by atoms with Crippen LogP contribution < -0.4 is 10.6 Å². The van der Waals surface area contributed by atoms with Crippen LogP contribution in [0.1, 0.15) is 13.3 Å². The first-order valence-corrected chi connectivity index (χ1v) is 6.62. The maximum atomic E-state index is 11.5. The molecule has 14 heavy (non-hydrogen) atoms. The zero-order valence-electron chi connectivity index (χ0n) is 7.57. The normalized spacial score (nSPS) is 29.5. The van der Waals surface area contributed by atoms with Crippen molar-refractivity contribution in [3.8, 4) is 0 Å². The van der Waals surface area contributed by atoms with Crippen LogP contribution >= 0.6 is 21.6 Å². The molecule has 2 heterocycles. The maximum absolute atomic E-state index is 11.5. The summed E-state index contributed by atoms with van der Waals surface area (Å²) < 4.78 is 0. The summed E-state index contributed by atoms with van der Waals surface area (Å²) in [6, 6.07) is -0.395. The van der Waals surface area contributed by atoms with Gasteiger partial charge in [0.2, 0.25) is 11.8 Å². The number of hydrogen-bond acceptors (Lipinski definition) is 4. The topological polar surface area (TPSA) is 58.2 Å². The molecular formula is C8H10N2O2S2. The number of nitrogens with one attached hydrogen (secondary N) is 2. The first-order valence-electron chi connectivity index (χ1n) is 4.35. The lowest BCUT2D eigenvalue weighted by Crippen LogP contribution is -2.43. The van der Waals surface area contributed by atoms with Crippen molar-refractivity contribution in [2.24, 2.45) is 0 Å². The second-order valence-corrected chi connectivity index (χ2v) is 5.36. The monoisotopic (exact) mass is 230 g/mol. The summed E-state index contributed by atoms with van der Waals surface area (Å²) >= 11 is 0. The predicted octanol–water partition coefficient (Wildman–Crippen LogP) is 0.616. The van der Waals surface area contributed by atoms with Crippen LogP contribution in [0.3, 0.4) is 0 Å². The van der Waals surface area contributed by atoms with Gasteiger partial charge in [0.05, 0.1) is 5.25 Å². The molecule has 0 aliphatic carbocycles. The van der Waals surface area contributed by atoms with Crippen molar-refractivity contribution in [3.63, 3.8) is 0 Å². The minimum atomic E-state index is -0.395. The highest BCUT2D eigenvalue weighted by Gasteiger charge is 2.42. The van der Waals surface area contributed by atoms with Gasteiger partial charge in [0, 0.05) is 17.5 Å². The van der Waals surface area contributed by atoms with Crippen molar-refractivity contribution in [2.45, 2.75) is 24.6 Å². The van der Waals surface area contributed by atoms with Crippen molar-refractivity contribution in [2.75, 3.05) is 0 Å². The Hall–Kier alpha value is -0.620. The van der Waals surface area contributed by atoms with Crippen LogP contribution in [0.2, 0.25) is 0 Å². The third-order valence-corrected chi connectivity index (χ3v) is 4.57. The minimum absolute atomic E-state index is 0.0722. The highest BCUT2D eigenvalue weighted by Crippen LogP contribution is 2.43. The van der Waals surface area contributed by atoms with Crippen LogP contribution in [0.25, 0.3) is 0 Å². The summed E-state index contributed by atoms with van der Waals surface area (Å²) in [5.74, 6) is -0.181. The second kappa shape index (κ2) is 3.86. The van der Waals surface area contributed by atoms with Crippen LogP contribution in [-0.4, -0.2) is 23.1 Å². The highest BCUT2D eigenvalue weighted by molar-refractivity contribution is 8.78. The van der Waals surface area contributed by atoms with E-state index in [4.69, 9.17) is 0 Å². The molecule has 1 saturated heterocycles. The number of rotatable bonds is 2. The van der Waals surface area contributed by atoms with Crippen molar-refractivity contribution < 1.29 is 9.59 Å². The van der Waals surface area contributed by atoms with Crippen LogP contribution in [0.4, 0.5) is 0 Å². The van der Waals surface area contributed by atoms with E-state index in [1.807, 2.05) is 5.41 Å². The molecule has 0 bridgehead atoms. The van der Waals surface area contributed by atoms with E-state index in [0.717, 1.165) is 5.70 Å². The van der Waals surface area contributed by atoms with Gasteiger partial charge in [0.1, 0.15) is 6.04 Å². The summed E-state index contributed by atoms with van der Waals surface area (Å²) in [6.07, 6.45) is 0.410. The molecule has 0 aromatic rings. The lowest BCUT2D eigenvalue weighted by atomic mass is 10.2. The summed E-state index contributed by atoms with van der Waals surface area (Å²) in [5.41, 5.74) is 0.923. The quantitative estimate of drug-likeness (QED) is 0.683. The van der Waals surface area contributed by atoms with Gasteiger partial charge >= 0.3 is 0 Å². The molecule has 0 aromatic carbocycles. The van der Waals surface area contributed by atoms with E-state index >= 15 is 0 Å². The van der Waals surface area contributed by atoms with Gasteiger partial charge in [-0.1, -0.05) is 28.5 Å². The first kappa shape index (κ1) is 9.92. The van der Waals surface area contributed by atoms with Gasteiger partial charge in [0.15, 0.2) is 0 Å². The molecule has 2 rings (SSSR count). The molecule has 2 N–H and O–H groups in total. The van der Waals surface area contributed by atoms with E-state index in [0.29, 0.717) is 6.42 Å². The van der Waals surface area contributed by atoms with Crippen LogP contribution in [0.15, 0.2) is 11.1 Å². The van der Waals surface area contributed by atoms with E-state index in [1.54, 1.807) is 28.5 Å². The van der Waals surface area contributed by atoms with Gasteiger partial charge in [-0.25, -0.2) is 0 Å². The van der Waals surface area contributed by atoms with Crippen LogP contribution in [-0.2, 0) is 9.59 Å². The van der Waals surface area contributed by atoms with E-state index in [9.17, 15) is 9.59 Å². The molecule has 2 aliphatic rings. The lowest BCUT2D eigenvalue weighted by molar-refractivity contribution is -0.127. The fourth-order valence-electron chi connectivity index (χ4n) is 1.37. The fourth-order valence-corrected chi connectivity index (χ4v) is 3.95. The van der Waals surface area contributed by atoms with Crippen LogP contribution in [0.5, 0.6) is 0 Å². The van der Waals surface area contributed by atoms with Crippen molar-refractivity contribution >= 4 is 33.4 Å². The Morgan fingerprint density at radius 3 is 3.21 bits per heavy atom. The Balaban J connectivity index is 2.08. The van der Waals surface area contributed by atoms with Gasteiger partial charge in [-0.2, -0.15) is 0 Å². The molecule has 0 unspecified atom stereocenters. The fraction of sp³-hybridized carbons (Fsp3) is 0.500. The van der Waals surface area contributed by atoms with Crippen LogP contribution in [0, 0.1) is 0 Å². The second-order valence-electron chi connectivity index (χ2n) is 3.07. The minimum Gasteiger partial charge on any atom is -0.343 e. The molecule has 0 radical (unpaired) electrons. The molecule has 0 saturated carbocycles. The van der Waals surface area contributed by atoms with Gasteiger partial charge in [-0.05, 0) is 0 Å². The zero-order valence-corrected chi connectivity index (χ0v) is 9.21. The number of amides is 2. The van der Waals surface area contributed by atoms with Crippen molar-refractivity contribution in [1.29, 1.82) is 0 Å². The van der Waals surface area contributed by atoms with Crippen molar-refractivity contribution in [3.05, 3.63) is 11.1 Å². The molecular weight excluding hydrogens is 220 g/mol. The zero-order chi connectivity index (χ0) is 10.1. The Kier molecular flexibility index (Phi) is 2.73. The SMILES string of the molecule is CCC(=O)N[C@H]1C(=O)NC2=CSS[C@@H]21. The molecule has 2 atom stereocenters. The van der Waals surface area contributed by atoms with E-state index in [1.165, 1.54) is 0 Å². The molecule has 6 heteroatoms.